The Balaban J connectivity index is 2.19. The highest BCUT2D eigenvalue weighted by molar-refractivity contribution is 8.12. The fourth-order valence-electron chi connectivity index (χ4n) is 1.61. The molecular formula is C13H9Cl2NO4S. The average Bonchev–Trinajstić information content (AvgIpc) is 2.40. The molecule has 21 heavy (non-hydrogen) atoms. The minimum Gasteiger partial charge on any atom is -0.408 e. The quantitative estimate of drug-likeness (QED) is 0.863. The molecule has 0 saturated heterocycles. The predicted molar refractivity (Wildman–Crippen MR) is 80.8 cm³/mol. The van der Waals surface area contributed by atoms with Crippen molar-refractivity contribution in [3.8, 4) is 16.9 Å². The second kappa shape index (κ2) is 6.34. The van der Waals surface area contributed by atoms with E-state index in [1.54, 1.807) is 12.1 Å². The topological polar surface area (TPSA) is 72.5 Å². The lowest BCUT2D eigenvalue weighted by atomic mass is 10.1. The van der Waals surface area contributed by atoms with E-state index < -0.39 is 15.3 Å². The number of rotatable bonds is 3. The van der Waals surface area contributed by atoms with Crippen LogP contribution in [0.15, 0.2) is 48.5 Å². The minimum absolute atomic E-state index is 0.0224. The lowest BCUT2D eigenvalue weighted by Gasteiger charge is -2.08. The fourth-order valence-corrected chi connectivity index (χ4v) is 2.26. The van der Waals surface area contributed by atoms with Gasteiger partial charge in [0.1, 0.15) is 0 Å². The second-order valence-electron chi connectivity index (χ2n) is 3.94. The molecule has 0 unspecified atom stereocenters. The van der Waals surface area contributed by atoms with Gasteiger partial charge in [-0.15, -0.1) is 0 Å². The van der Waals surface area contributed by atoms with Gasteiger partial charge < -0.3 is 4.74 Å². The summed E-state index contributed by atoms with van der Waals surface area (Å²) in [6.45, 7) is 0. The van der Waals surface area contributed by atoms with Crippen molar-refractivity contribution in [3.05, 3.63) is 53.6 Å². The van der Waals surface area contributed by atoms with Crippen LogP contribution < -0.4 is 9.46 Å². The molecule has 2 aromatic carbocycles. The van der Waals surface area contributed by atoms with E-state index in [0.29, 0.717) is 0 Å². The molecule has 2 rings (SSSR count). The van der Waals surface area contributed by atoms with Crippen molar-refractivity contribution in [2.24, 2.45) is 0 Å². The average molecular weight is 346 g/mol. The molecule has 0 heterocycles. The molecule has 1 N–H and O–H groups in total. The molecule has 5 nitrogen and oxygen atoms in total. The summed E-state index contributed by atoms with van der Waals surface area (Å²) >= 11 is 6.01. The lowest BCUT2D eigenvalue weighted by Crippen LogP contribution is -2.29. The van der Waals surface area contributed by atoms with E-state index in [4.69, 9.17) is 27.0 Å². The molecule has 0 bridgehead atoms. The van der Waals surface area contributed by atoms with Crippen molar-refractivity contribution in [2.75, 3.05) is 0 Å². The number of carbonyl (C=O) groups excluding carboxylic acids is 1. The van der Waals surface area contributed by atoms with Crippen molar-refractivity contribution in [2.45, 2.75) is 0 Å². The van der Waals surface area contributed by atoms with Crippen LogP contribution in [0.4, 0.5) is 4.79 Å². The van der Waals surface area contributed by atoms with E-state index in [9.17, 15) is 13.2 Å². The van der Waals surface area contributed by atoms with Gasteiger partial charge in [-0.3, -0.25) is 0 Å². The summed E-state index contributed by atoms with van der Waals surface area (Å²) in [5.41, 5.74) is 1.78. The molecule has 0 atom stereocenters. The summed E-state index contributed by atoms with van der Waals surface area (Å²) in [6.07, 6.45) is -1.24. The Hall–Kier alpha value is -1.76. The number of benzene rings is 2. The maximum absolute atomic E-state index is 11.3. The number of nitrogens with one attached hydrogen (secondary N) is 1. The summed E-state index contributed by atoms with van der Waals surface area (Å²) in [7, 11) is 0.664. The summed E-state index contributed by atoms with van der Waals surface area (Å²) < 4.78 is 27.6. The van der Waals surface area contributed by atoms with Crippen LogP contribution in [0.1, 0.15) is 0 Å². The van der Waals surface area contributed by atoms with Crippen LogP contribution in [0.25, 0.3) is 11.1 Å². The first-order chi connectivity index (χ1) is 9.85. The maximum Gasteiger partial charge on any atom is 0.427 e. The van der Waals surface area contributed by atoms with Gasteiger partial charge in [-0.1, -0.05) is 48.0 Å². The van der Waals surface area contributed by atoms with Gasteiger partial charge in [-0.2, -0.15) is 8.42 Å². The van der Waals surface area contributed by atoms with Crippen LogP contribution in [0.3, 0.4) is 0 Å². The van der Waals surface area contributed by atoms with Crippen LogP contribution in [0, 0.1) is 0 Å². The third-order valence-corrected chi connectivity index (χ3v) is 3.38. The Kier molecular flexibility index (Phi) is 4.72. The Labute approximate surface area is 131 Å². The highest BCUT2D eigenvalue weighted by Crippen LogP contribution is 2.30. The van der Waals surface area contributed by atoms with Crippen molar-refractivity contribution < 1.29 is 17.9 Å². The minimum atomic E-state index is -4.20. The third-order valence-electron chi connectivity index (χ3n) is 2.45. The second-order valence-corrected chi connectivity index (χ2v) is 6.65. The van der Waals surface area contributed by atoms with Crippen LogP contribution >= 0.6 is 22.3 Å². The molecule has 2 aromatic rings. The molecule has 0 aliphatic carbocycles. The van der Waals surface area contributed by atoms with E-state index in [1.807, 2.05) is 30.3 Å². The molecule has 0 spiro atoms. The van der Waals surface area contributed by atoms with Crippen molar-refractivity contribution in [1.82, 2.24) is 4.72 Å². The number of amides is 1. The Bertz CT molecular complexity index is 763. The molecule has 1 amide bonds. The lowest BCUT2D eigenvalue weighted by molar-refractivity contribution is 0.207. The largest absolute Gasteiger partial charge is 0.427 e. The van der Waals surface area contributed by atoms with Gasteiger partial charge in [-0.25, -0.2) is 9.52 Å². The number of hydrogen-bond donors (Lipinski definition) is 1. The first kappa shape index (κ1) is 15.6. The Morgan fingerprint density at radius 3 is 2.29 bits per heavy atom. The van der Waals surface area contributed by atoms with Gasteiger partial charge in [0.2, 0.25) is 0 Å². The van der Waals surface area contributed by atoms with Gasteiger partial charge in [0.25, 0.3) is 0 Å². The number of hydrogen-bond acceptors (Lipinski definition) is 4. The normalized spacial score (nSPS) is 11.0. The van der Waals surface area contributed by atoms with Crippen LogP contribution in [0.5, 0.6) is 5.75 Å². The summed E-state index contributed by atoms with van der Waals surface area (Å²) in [6, 6.07) is 14.2. The first-order valence-electron chi connectivity index (χ1n) is 5.64. The van der Waals surface area contributed by atoms with Gasteiger partial charge in [0.15, 0.2) is 5.75 Å². The van der Waals surface area contributed by atoms with E-state index in [2.05, 4.69) is 0 Å². The number of ether oxygens (including phenoxy) is 1. The number of halogens is 2. The van der Waals surface area contributed by atoms with Crippen LogP contribution in [0.2, 0.25) is 5.02 Å². The van der Waals surface area contributed by atoms with Gasteiger partial charge in [0, 0.05) is 10.7 Å². The monoisotopic (exact) mass is 345 g/mol. The molecule has 110 valence electrons. The van der Waals surface area contributed by atoms with Gasteiger partial charge in [-0.05, 0) is 23.3 Å². The fraction of sp³-hybridized carbons (Fsp3) is 0. The molecule has 0 fully saturated rings. The molecule has 0 aliphatic heterocycles. The van der Waals surface area contributed by atoms with Crippen LogP contribution in [-0.4, -0.2) is 14.5 Å². The summed E-state index contributed by atoms with van der Waals surface area (Å²) in [4.78, 5) is 11.3. The molecular weight excluding hydrogens is 337 g/mol. The van der Waals surface area contributed by atoms with Crippen molar-refractivity contribution in [3.63, 3.8) is 0 Å². The highest BCUT2D eigenvalue weighted by atomic mass is 35.7. The summed E-state index contributed by atoms with van der Waals surface area (Å²) in [5.74, 6) is 0.0224. The SMILES string of the molecule is O=C(NS(=O)(=O)Cl)Oc1ccc(-c2ccccc2)cc1Cl. The predicted octanol–water partition coefficient (Wildman–Crippen LogP) is 3.58. The van der Waals surface area contributed by atoms with Crippen molar-refractivity contribution >= 4 is 37.6 Å². The Morgan fingerprint density at radius 2 is 1.71 bits per heavy atom. The third kappa shape index (κ3) is 4.63. The molecule has 0 saturated carbocycles. The Morgan fingerprint density at radius 1 is 1.05 bits per heavy atom. The van der Waals surface area contributed by atoms with E-state index >= 15 is 0 Å². The maximum atomic E-state index is 11.3. The standard InChI is InChI=1S/C13H9Cl2NO4S/c14-11-8-10(9-4-2-1-3-5-9)6-7-12(11)20-13(17)16-21(15,18)19/h1-8H,(H,16,17). The summed E-state index contributed by atoms with van der Waals surface area (Å²) in [5, 5.41) is 0.165. The van der Waals surface area contributed by atoms with E-state index in [0.717, 1.165) is 11.1 Å². The van der Waals surface area contributed by atoms with Crippen LogP contribution in [-0.2, 0) is 9.24 Å². The zero-order valence-corrected chi connectivity index (χ0v) is 12.7. The highest BCUT2D eigenvalue weighted by Gasteiger charge is 2.14. The first-order valence-corrected chi connectivity index (χ1v) is 8.33. The van der Waals surface area contributed by atoms with Crippen molar-refractivity contribution in [1.29, 1.82) is 0 Å². The molecule has 0 aromatic heterocycles. The van der Waals surface area contributed by atoms with E-state index in [-0.39, 0.29) is 10.8 Å². The molecule has 0 aliphatic rings. The van der Waals surface area contributed by atoms with Gasteiger partial charge in [0.05, 0.1) is 5.02 Å². The van der Waals surface area contributed by atoms with E-state index in [1.165, 1.54) is 10.8 Å². The van der Waals surface area contributed by atoms with Gasteiger partial charge >= 0.3 is 15.3 Å². The zero-order valence-electron chi connectivity index (χ0n) is 10.4. The smallest absolute Gasteiger partial charge is 0.408 e. The number of carbonyl (C=O) groups is 1. The molecule has 0 radical (unpaired) electrons. The zero-order chi connectivity index (χ0) is 15.5. The molecule has 8 heteroatoms.